The summed E-state index contributed by atoms with van der Waals surface area (Å²) in [6.45, 7) is 0. The molecule has 1 fully saturated rings. The number of Topliss-reactive ketones (excluding diaryl/α,β-unsaturated/α-hetero) is 1. The summed E-state index contributed by atoms with van der Waals surface area (Å²) in [4.78, 5) is 32.4. The normalized spacial score (nSPS) is 17.2. The van der Waals surface area contributed by atoms with Gasteiger partial charge >= 0.3 is 5.91 Å². The Bertz CT molecular complexity index is 1500. The number of aliphatic hydroxyl groups excluding tert-OH is 1. The molecule has 35 heavy (non-hydrogen) atoms. The van der Waals surface area contributed by atoms with Crippen molar-refractivity contribution in [1.82, 2.24) is 4.98 Å². The van der Waals surface area contributed by atoms with E-state index in [0.717, 1.165) is 4.70 Å². The van der Waals surface area contributed by atoms with Gasteiger partial charge in [-0.25, -0.2) is 9.37 Å². The van der Waals surface area contributed by atoms with E-state index >= 15 is 0 Å². The summed E-state index contributed by atoms with van der Waals surface area (Å²) in [6.07, 6.45) is 0. The molecule has 1 atom stereocenters. The molecule has 0 aliphatic carbocycles. The summed E-state index contributed by atoms with van der Waals surface area (Å²) < 4.78 is 25.0. The first-order chi connectivity index (χ1) is 16.9. The first-order valence-electron chi connectivity index (χ1n) is 10.6. The molecule has 1 aliphatic heterocycles. The number of rotatable bonds is 5. The maximum absolute atomic E-state index is 13.7. The zero-order valence-electron chi connectivity index (χ0n) is 18.7. The van der Waals surface area contributed by atoms with E-state index in [1.165, 1.54) is 47.6 Å². The Morgan fingerprint density at radius 2 is 1.71 bits per heavy atom. The highest BCUT2D eigenvalue weighted by Crippen LogP contribution is 2.44. The highest BCUT2D eigenvalue weighted by Gasteiger charge is 2.48. The van der Waals surface area contributed by atoms with Crippen LogP contribution in [-0.2, 0) is 9.59 Å². The van der Waals surface area contributed by atoms with Gasteiger partial charge in [-0.2, -0.15) is 0 Å². The first kappa shape index (κ1) is 22.5. The zero-order valence-corrected chi connectivity index (χ0v) is 19.5. The van der Waals surface area contributed by atoms with Crippen LogP contribution in [0.4, 0.5) is 9.52 Å². The van der Waals surface area contributed by atoms with E-state index in [9.17, 15) is 19.1 Å². The van der Waals surface area contributed by atoms with Crippen LogP contribution in [0.25, 0.3) is 16.0 Å². The Hall–Kier alpha value is -4.24. The number of hydrogen-bond acceptors (Lipinski definition) is 7. The lowest BCUT2D eigenvalue weighted by Gasteiger charge is -2.23. The number of methoxy groups -OCH3 is 2. The number of aromatic nitrogens is 1. The number of ketones is 1. The third kappa shape index (κ3) is 3.89. The van der Waals surface area contributed by atoms with Crippen molar-refractivity contribution in [1.29, 1.82) is 0 Å². The van der Waals surface area contributed by atoms with Gasteiger partial charge in [0.05, 0.1) is 36.1 Å². The molecule has 1 aliphatic rings. The smallest absolute Gasteiger partial charge is 0.301 e. The molecule has 7 nitrogen and oxygen atoms in total. The molecule has 1 amide bonds. The number of anilines is 1. The minimum atomic E-state index is -1.01. The topological polar surface area (TPSA) is 89.0 Å². The van der Waals surface area contributed by atoms with Crippen LogP contribution in [0.1, 0.15) is 17.2 Å². The van der Waals surface area contributed by atoms with Gasteiger partial charge in [-0.1, -0.05) is 35.6 Å². The Balaban J connectivity index is 1.71. The molecule has 0 radical (unpaired) electrons. The first-order valence-corrected chi connectivity index (χ1v) is 11.4. The van der Waals surface area contributed by atoms with E-state index in [-0.39, 0.29) is 16.5 Å². The second kappa shape index (κ2) is 8.84. The molecule has 1 N–H and O–H groups in total. The Kier molecular flexibility index (Phi) is 5.70. The van der Waals surface area contributed by atoms with Crippen LogP contribution < -0.4 is 14.4 Å². The number of carbonyl (C=O) groups excluding carboxylic acids is 2. The highest BCUT2D eigenvalue weighted by molar-refractivity contribution is 7.22. The van der Waals surface area contributed by atoms with Crippen molar-refractivity contribution in [3.63, 3.8) is 0 Å². The SMILES string of the molecule is COc1cccc(/C(O)=C2\C(=O)C(=O)N(c3nc4ccc(OC)cc4s3)C2c2ccc(F)cc2)c1. The highest BCUT2D eigenvalue weighted by atomic mass is 32.1. The lowest BCUT2D eigenvalue weighted by molar-refractivity contribution is -0.132. The Morgan fingerprint density at radius 1 is 1.00 bits per heavy atom. The molecule has 1 unspecified atom stereocenters. The molecular weight excluding hydrogens is 471 g/mol. The summed E-state index contributed by atoms with van der Waals surface area (Å²) in [6, 6.07) is 16.3. The van der Waals surface area contributed by atoms with Crippen LogP contribution in [0.5, 0.6) is 11.5 Å². The van der Waals surface area contributed by atoms with Gasteiger partial charge in [-0.15, -0.1) is 0 Å². The van der Waals surface area contributed by atoms with Gasteiger partial charge in [0.15, 0.2) is 5.13 Å². The quantitative estimate of drug-likeness (QED) is 0.239. The number of halogens is 1. The van der Waals surface area contributed by atoms with E-state index in [1.54, 1.807) is 49.6 Å². The molecule has 4 aromatic rings. The lowest BCUT2D eigenvalue weighted by Crippen LogP contribution is -2.29. The molecule has 5 rings (SSSR count). The number of thiazole rings is 1. The van der Waals surface area contributed by atoms with E-state index in [4.69, 9.17) is 9.47 Å². The number of amides is 1. The second-order valence-electron chi connectivity index (χ2n) is 7.78. The predicted molar refractivity (Wildman–Crippen MR) is 130 cm³/mol. The average molecular weight is 491 g/mol. The van der Waals surface area contributed by atoms with Gasteiger partial charge in [0.1, 0.15) is 23.1 Å². The minimum Gasteiger partial charge on any atom is -0.507 e. The third-order valence-electron chi connectivity index (χ3n) is 5.76. The standard InChI is InChI=1S/C26H19FN2O5S/c1-33-17-5-3-4-15(12-17)23(30)21-22(14-6-8-16(27)9-7-14)29(25(32)24(21)31)26-28-19-11-10-18(34-2)13-20(19)35-26/h3-13,22,30H,1-2H3/b23-21+. The van der Waals surface area contributed by atoms with Crippen LogP contribution in [-0.4, -0.2) is 36.0 Å². The fourth-order valence-electron chi connectivity index (χ4n) is 4.04. The number of carbonyl (C=O) groups is 2. The molecule has 0 spiro atoms. The van der Waals surface area contributed by atoms with Gasteiger partial charge in [0.25, 0.3) is 5.78 Å². The van der Waals surface area contributed by atoms with Crippen molar-refractivity contribution in [3.8, 4) is 11.5 Å². The molecule has 2 heterocycles. The summed E-state index contributed by atoms with van der Waals surface area (Å²) in [5.74, 6) is -1.43. The van der Waals surface area contributed by atoms with Crippen molar-refractivity contribution >= 4 is 44.1 Å². The Morgan fingerprint density at radius 3 is 2.43 bits per heavy atom. The maximum Gasteiger partial charge on any atom is 0.301 e. The van der Waals surface area contributed by atoms with Crippen molar-refractivity contribution in [3.05, 3.63) is 89.2 Å². The summed E-state index contributed by atoms with van der Waals surface area (Å²) in [7, 11) is 3.04. The van der Waals surface area contributed by atoms with E-state index < -0.39 is 23.5 Å². The number of nitrogens with zero attached hydrogens (tertiary/aromatic N) is 2. The van der Waals surface area contributed by atoms with Gasteiger partial charge in [-0.05, 0) is 48.0 Å². The summed E-state index contributed by atoms with van der Waals surface area (Å²) >= 11 is 1.21. The largest absolute Gasteiger partial charge is 0.507 e. The lowest BCUT2D eigenvalue weighted by atomic mass is 9.95. The molecule has 1 saturated heterocycles. The molecule has 0 saturated carbocycles. The summed E-state index contributed by atoms with van der Waals surface area (Å²) in [5, 5.41) is 11.5. The molecule has 3 aromatic carbocycles. The number of benzene rings is 3. The molecule has 0 bridgehead atoms. The summed E-state index contributed by atoms with van der Waals surface area (Å²) in [5.41, 5.74) is 1.26. The third-order valence-corrected chi connectivity index (χ3v) is 6.78. The van der Waals surface area contributed by atoms with Crippen molar-refractivity contribution in [2.24, 2.45) is 0 Å². The van der Waals surface area contributed by atoms with E-state index in [0.29, 0.717) is 28.1 Å². The second-order valence-corrected chi connectivity index (χ2v) is 8.79. The molecule has 176 valence electrons. The van der Waals surface area contributed by atoms with Crippen LogP contribution in [0, 0.1) is 5.82 Å². The number of aliphatic hydroxyl groups is 1. The van der Waals surface area contributed by atoms with Gasteiger partial charge in [0, 0.05) is 5.56 Å². The van der Waals surface area contributed by atoms with E-state index in [1.807, 2.05) is 0 Å². The van der Waals surface area contributed by atoms with Gasteiger partial charge in [-0.3, -0.25) is 14.5 Å². The van der Waals surface area contributed by atoms with Crippen molar-refractivity contribution < 1.29 is 28.6 Å². The monoisotopic (exact) mass is 490 g/mol. The number of hydrogen-bond donors (Lipinski definition) is 1. The van der Waals surface area contributed by atoms with Crippen LogP contribution in [0.3, 0.4) is 0 Å². The minimum absolute atomic E-state index is 0.119. The van der Waals surface area contributed by atoms with Gasteiger partial charge in [0.2, 0.25) is 0 Å². The maximum atomic E-state index is 13.7. The van der Waals surface area contributed by atoms with Gasteiger partial charge < -0.3 is 14.6 Å². The Labute approximate surface area is 203 Å². The fourth-order valence-corrected chi connectivity index (χ4v) is 5.06. The number of fused-ring (bicyclic) bond motifs is 1. The van der Waals surface area contributed by atoms with Crippen LogP contribution in [0.2, 0.25) is 0 Å². The molecular formula is C26H19FN2O5S. The average Bonchev–Trinajstić information content (AvgIpc) is 3.41. The predicted octanol–water partition coefficient (Wildman–Crippen LogP) is 5.08. The van der Waals surface area contributed by atoms with Crippen molar-refractivity contribution in [2.45, 2.75) is 6.04 Å². The van der Waals surface area contributed by atoms with Crippen molar-refractivity contribution in [2.75, 3.05) is 19.1 Å². The molecule has 9 heteroatoms. The fraction of sp³-hybridized carbons (Fsp3) is 0.115. The zero-order chi connectivity index (χ0) is 24.7. The molecule has 1 aromatic heterocycles. The van der Waals surface area contributed by atoms with Crippen LogP contribution >= 0.6 is 11.3 Å². The van der Waals surface area contributed by atoms with E-state index in [2.05, 4.69) is 4.98 Å². The van der Waals surface area contributed by atoms with Crippen LogP contribution in [0.15, 0.2) is 72.3 Å². The number of ether oxygens (including phenoxy) is 2.